The molecule has 0 spiro atoms. The minimum atomic E-state index is -0.139. The minimum Gasteiger partial charge on any atom is -0.323 e. The van der Waals surface area contributed by atoms with Gasteiger partial charge in [-0.2, -0.15) is 0 Å². The molecule has 4 aromatic rings. The lowest BCUT2D eigenvalue weighted by molar-refractivity contribution is 0.280. The molecule has 2 aromatic carbocycles. The summed E-state index contributed by atoms with van der Waals surface area (Å²) in [7, 11) is 6.15. The highest BCUT2D eigenvalue weighted by atomic mass is 35.5. The average molecular weight is 525 g/mol. The van der Waals surface area contributed by atoms with Gasteiger partial charge in [-0.25, -0.2) is 4.98 Å². The molecule has 1 aliphatic rings. The molecular formula is C27H30Cl2N6O. The largest absolute Gasteiger partial charge is 0.323 e. The van der Waals surface area contributed by atoms with Crippen molar-refractivity contribution in [2.75, 3.05) is 39.0 Å². The van der Waals surface area contributed by atoms with Crippen LogP contribution in [0, 0.1) is 6.92 Å². The Morgan fingerprint density at radius 1 is 1.22 bits per heavy atom. The number of anilines is 2. The molecule has 9 heteroatoms. The SMILES string of the molecule is Cc1c(/C=C/CN2CCC(N(C)C)C2)[nH]c(=O)c2c1ccc1nc(Nc3c(Cl)cccc3Cl)n(C)c12. The molecule has 1 fully saturated rings. The van der Waals surface area contributed by atoms with Crippen molar-refractivity contribution in [1.29, 1.82) is 0 Å². The number of aromatic nitrogens is 3. The Morgan fingerprint density at radius 2 is 1.97 bits per heavy atom. The summed E-state index contributed by atoms with van der Waals surface area (Å²) in [5.41, 5.74) is 3.77. The highest BCUT2D eigenvalue weighted by molar-refractivity contribution is 6.39. The molecule has 0 radical (unpaired) electrons. The van der Waals surface area contributed by atoms with Crippen molar-refractivity contribution in [3.05, 3.63) is 68.1 Å². The zero-order valence-corrected chi connectivity index (χ0v) is 22.4. The molecule has 0 bridgehead atoms. The maximum absolute atomic E-state index is 13.3. The molecule has 3 heterocycles. The summed E-state index contributed by atoms with van der Waals surface area (Å²) in [6, 6.07) is 9.85. The molecule has 5 rings (SSSR count). The molecule has 188 valence electrons. The molecule has 0 amide bonds. The van der Waals surface area contributed by atoms with E-state index < -0.39 is 0 Å². The van der Waals surface area contributed by atoms with Crippen LogP contribution in [0.25, 0.3) is 27.9 Å². The Kier molecular flexibility index (Phi) is 6.83. The number of imidazole rings is 1. The van der Waals surface area contributed by atoms with Crippen LogP contribution in [0.15, 0.2) is 41.2 Å². The summed E-state index contributed by atoms with van der Waals surface area (Å²) in [6.07, 6.45) is 5.35. The van der Waals surface area contributed by atoms with Crippen LogP contribution in [0.4, 0.5) is 11.6 Å². The van der Waals surface area contributed by atoms with Gasteiger partial charge in [0, 0.05) is 38.4 Å². The average Bonchev–Trinajstić information content (AvgIpc) is 3.44. The van der Waals surface area contributed by atoms with Crippen LogP contribution < -0.4 is 10.9 Å². The van der Waals surface area contributed by atoms with Gasteiger partial charge in [0.15, 0.2) is 0 Å². The van der Waals surface area contributed by atoms with E-state index in [4.69, 9.17) is 28.2 Å². The molecule has 2 N–H and O–H groups in total. The fraction of sp³-hybridized carbons (Fsp3) is 0.333. The van der Waals surface area contributed by atoms with E-state index in [9.17, 15) is 4.79 Å². The van der Waals surface area contributed by atoms with E-state index >= 15 is 0 Å². The Hall–Kier alpha value is -2.84. The smallest absolute Gasteiger partial charge is 0.258 e. The third-order valence-corrected chi connectivity index (χ3v) is 7.77. The zero-order chi connectivity index (χ0) is 25.6. The molecule has 0 saturated carbocycles. The highest BCUT2D eigenvalue weighted by Crippen LogP contribution is 2.34. The van der Waals surface area contributed by atoms with Gasteiger partial charge in [0.2, 0.25) is 5.95 Å². The first-order chi connectivity index (χ1) is 17.2. The summed E-state index contributed by atoms with van der Waals surface area (Å²) in [5, 5.41) is 5.74. The first-order valence-electron chi connectivity index (χ1n) is 12.0. The van der Waals surface area contributed by atoms with Gasteiger partial charge >= 0.3 is 0 Å². The van der Waals surface area contributed by atoms with E-state index in [2.05, 4.69) is 40.3 Å². The Balaban J connectivity index is 1.48. The first-order valence-corrected chi connectivity index (χ1v) is 12.8. The number of halogens is 2. The van der Waals surface area contributed by atoms with Crippen molar-refractivity contribution in [3.8, 4) is 0 Å². The fourth-order valence-electron chi connectivity index (χ4n) is 5.00. The van der Waals surface area contributed by atoms with Crippen molar-refractivity contribution in [3.63, 3.8) is 0 Å². The molecule has 7 nitrogen and oxygen atoms in total. The zero-order valence-electron chi connectivity index (χ0n) is 20.9. The van der Waals surface area contributed by atoms with E-state index in [1.165, 1.54) is 6.42 Å². The van der Waals surface area contributed by atoms with Crippen LogP contribution in [0.1, 0.15) is 17.7 Å². The number of para-hydroxylation sites is 1. The lowest BCUT2D eigenvalue weighted by Crippen LogP contribution is -2.31. The second kappa shape index (κ2) is 9.90. The summed E-state index contributed by atoms with van der Waals surface area (Å²) >= 11 is 12.7. The van der Waals surface area contributed by atoms with Crippen LogP contribution in [-0.4, -0.2) is 64.1 Å². The van der Waals surface area contributed by atoms with E-state index in [0.717, 1.165) is 41.8 Å². The Labute approximate surface area is 220 Å². The number of likely N-dealkylation sites (N-methyl/N-ethyl adjacent to an activating group) is 1. The lowest BCUT2D eigenvalue weighted by Gasteiger charge is -2.19. The maximum Gasteiger partial charge on any atom is 0.258 e. The van der Waals surface area contributed by atoms with Gasteiger partial charge < -0.3 is 19.8 Å². The van der Waals surface area contributed by atoms with E-state index in [1.54, 1.807) is 18.2 Å². The second-order valence-corrected chi connectivity index (χ2v) is 10.4. The van der Waals surface area contributed by atoms with Crippen LogP contribution >= 0.6 is 23.2 Å². The number of benzene rings is 2. The summed E-state index contributed by atoms with van der Waals surface area (Å²) in [6.45, 7) is 5.07. The highest BCUT2D eigenvalue weighted by Gasteiger charge is 2.23. The van der Waals surface area contributed by atoms with Crippen LogP contribution in [-0.2, 0) is 7.05 Å². The molecule has 1 atom stereocenters. The minimum absolute atomic E-state index is 0.139. The van der Waals surface area contributed by atoms with Gasteiger partial charge in [-0.15, -0.1) is 0 Å². The quantitative estimate of drug-likeness (QED) is 0.352. The molecule has 1 saturated heterocycles. The van der Waals surface area contributed by atoms with Crippen LogP contribution in [0.2, 0.25) is 10.0 Å². The third-order valence-electron chi connectivity index (χ3n) is 7.14. The maximum atomic E-state index is 13.3. The van der Waals surface area contributed by atoms with Crippen molar-refractivity contribution < 1.29 is 0 Å². The number of fused-ring (bicyclic) bond motifs is 3. The first kappa shape index (κ1) is 24.8. The van der Waals surface area contributed by atoms with Gasteiger partial charge in [0.25, 0.3) is 5.56 Å². The molecular weight excluding hydrogens is 495 g/mol. The van der Waals surface area contributed by atoms with E-state index in [1.807, 2.05) is 36.7 Å². The van der Waals surface area contributed by atoms with Crippen LogP contribution in [0.5, 0.6) is 0 Å². The number of likely N-dealkylation sites (tertiary alicyclic amines) is 1. The van der Waals surface area contributed by atoms with Crippen molar-refractivity contribution >= 4 is 62.7 Å². The van der Waals surface area contributed by atoms with Crippen molar-refractivity contribution in [1.82, 2.24) is 24.3 Å². The number of H-pyrrole nitrogens is 1. The predicted molar refractivity (Wildman–Crippen MR) is 151 cm³/mol. The number of aryl methyl sites for hydroxylation is 2. The topological polar surface area (TPSA) is 69.2 Å². The number of nitrogens with zero attached hydrogens (tertiary/aromatic N) is 4. The predicted octanol–water partition coefficient (Wildman–Crippen LogP) is 5.42. The van der Waals surface area contributed by atoms with Gasteiger partial charge in [-0.05, 0) is 62.7 Å². The van der Waals surface area contributed by atoms with Crippen molar-refractivity contribution in [2.24, 2.45) is 7.05 Å². The van der Waals surface area contributed by atoms with Gasteiger partial charge in [-0.1, -0.05) is 41.4 Å². The Morgan fingerprint density at radius 3 is 2.67 bits per heavy atom. The number of aromatic amines is 1. The normalized spacial score (nSPS) is 16.8. The fourth-order valence-corrected chi connectivity index (χ4v) is 5.49. The van der Waals surface area contributed by atoms with Crippen LogP contribution in [0.3, 0.4) is 0 Å². The monoisotopic (exact) mass is 524 g/mol. The number of hydrogen-bond acceptors (Lipinski definition) is 5. The summed E-state index contributed by atoms with van der Waals surface area (Å²) in [4.78, 5) is 25.8. The van der Waals surface area contributed by atoms with E-state index in [0.29, 0.717) is 38.6 Å². The summed E-state index contributed by atoms with van der Waals surface area (Å²) < 4.78 is 1.87. The van der Waals surface area contributed by atoms with Gasteiger partial charge in [0.05, 0.1) is 32.2 Å². The van der Waals surface area contributed by atoms with Gasteiger partial charge in [-0.3, -0.25) is 9.69 Å². The standard InChI is InChI=1S/C27H30Cl2N6O/c1-16-18-10-11-22-25(34(4)27(31-22)32-24-19(28)7-5-8-20(24)29)23(18)26(36)30-21(16)9-6-13-35-14-12-17(15-35)33(2)3/h5-11,17H,12-15H2,1-4H3,(H,30,36)(H,31,32)/b9-6+. The molecule has 36 heavy (non-hydrogen) atoms. The number of rotatable bonds is 6. The number of nitrogens with one attached hydrogen (secondary N) is 2. The van der Waals surface area contributed by atoms with Gasteiger partial charge in [0.1, 0.15) is 0 Å². The molecule has 0 aliphatic carbocycles. The molecule has 1 unspecified atom stereocenters. The lowest BCUT2D eigenvalue weighted by atomic mass is 10.0. The Bertz CT molecular complexity index is 1520. The molecule has 2 aromatic heterocycles. The molecule has 1 aliphatic heterocycles. The summed E-state index contributed by atoms with van der Waals surface area (Å²) in [5.74, 6) is 0.551. The van der Waals surface area contributed by atoms with Crippen molar-refractivity contribution in [2.45, 2.75) is 19.4 Å². The van der Waals surface area contributed by atoms with E-state index in [-0.39, 0.29) is 5.56 Å². The second-order valence-electron chi connectivity index (χ2n) is 9.63. The number of pyridine rings is 1. The third kappa shape index (κ3) is 4.52. The number of hydrogen-bond donors (Lipinski definition) is 2.